The fourth-order valence-electron chi connectivity index (χ4n) is 2.97. The van der Waals surface area contributed by atoms with Crippen LogP contribution in [0.15, 0.2) is 30.5 Å². The van der Waals surface area contributed by atoms with Crippen LogP contribution >= 0.6 is 11.6 Å². The third-order valence-electron chi connectivity index (χ3n) is 4.13. The van der Waals surface area contributed by atoms with E-state index in [1.807, 2.05) is 26.8 Å². The van der Waals surface area contributed by atoms with Gasteiger partial charge in [0, 0.05) is 18.0 Å². The highest BCUT2D eigenvalue weighted by molar-refractivity contribution is 6.33. The van der Waals surface area contributed by atoms with Gasteiger partial charge in [0.1, 0.15) is 28.7 Å². The second-order valence-corrected chi connectivity index (χ2v) is 6.75. The van der Waals surface area contributed by atoms with Crippen LogP contribution in [0.3, 0.4) is 0 Å². The summed E-state index contributed by atoms with van der Waals surface area (Å²) in [4.78, 5) is 12.1. The molecule has 2 aromatic heterocycles. The van der Waals surface area contributed by atoms with Crippen LogP contribution in [0.2, 0.25) is 5.02 Å². The molecule has 1 N–H and O–H groups in total. The molecule has 0 unspecified atom stereocenters. The van der Waals surface area contributed by atoms with E-state index in [0.717, 1.165) is 22.7 Å². The molecule has 6 heteroatoms. The Morgan fingerprint density at radius 1 is 1.29 bits per heavy atom. The molecule has 0 amide bonds. The number of H-pyrrole nitrogens is 1. The third kappa shape index (κ3) is 2.19. The number of pyridine rings is 1. The van der Waals surface area contributed by atoms with Gasteiger partial charge in [0.15, 0.2) is 0 Å². The number of nitrogens with one attached hydrogen (secondary N) is 1. The quantitative estimate of drug-likeness (QED) is 0.686. The zero-order valence-corrected chi connectivity index (χ0v) is 14.2. The number of nitrogens with zero attached hydrogens (tertiary/aromatic N) is 2. The van der Waals surface area contributed by atoms with Gasteiger partial charge in [-0.25, -0.2) is 9.37 Å². The predicted octanol–water partition coefficient (Wildman–Crippen LogP) is 4.87. The Morgan fingerprint density at radius 3 is 2.83 bits per heavy atom. The van der Waals surface area contributed by atoms with E-state index in [9.17, 15) is 4.39 Å². The topological polar surface area (TPSA) is 50.8 Å². The lowest BCUT2D eigenvalue weighted by molar-refractivity contribution is 0.101. The molecule has 0 spiro atoms. The molecule has 0 radical (unpaired) electrons. The highest BCUT2D eigenvalue weighted by Crippen LogP contribution is 2.45. The number of imidazole rings is 1. The van der Waals surface area contributed by atoms with Gasteiger partial charge in [0.25, 0.3) is 0 Å². The maximum atomic E-state index is 14.3. The van der Waals surface area contributed by atoms with E-state index in [4.69, 9.17) is 16.3 Å². The summed E-state index contributed by atoms with van der Waals surface area (Å²) in [5, 5.41) is 0.307. The summed E-state index contributed by atoms with van der Waals surface area (Å²) in [5.41, 5.74) is 2.76. The van der Waals surface area contributed by atoms with Crippen LogP contribution in [0.1, 0.15) is 25.2 Å². The fraction of sp³-hybridized carbons (Fsp3) is 0.222. The van der Waals surface area contributed by atoms with Crippen molar-refractivity contribution in [3.05, 3.63) is 52.7 Å². The van der Waals surface area contributed by atoms with Gasteiger partial charge in [-0.05, 0) is 32.9 Å². The van der Waals surface area contributed by atoms with Crippen molar-refractivity contribution in [3.8, 4) is 28.4 Å². The maximum absolute atomic E-state index is 14.3. The molecule has 3 aromatic rings. The average Bonchev–Trinajstić information content (AvgIpc) is 2.92. The molecular formula is C18H15ClFN3O. The monoisotopic (exact) mass is 343 g/mol. The van der Waals surface area contributed by atoms with Gasteiger partial charge in [-0.3, -0.25) is 4.98 Å². The Morgan fingerprint density at radius 2 is 2.08 bits per heavy atom. The molecule has 1 aliphatic heterocycles. The molecule has 4 rings (SSSR count). The number of fused-ring (bicyclic) bond motifs is 3. The van der Waals surface area contributed by atoms with Gasteiger partial charge in [0.2, 0.25) is 0 Å². The van der Waals surface area contributed by atoms with Crippen molar-refractivity contribution in [2.45, 2.75) is 26.4 Å². The molecule has 122 valence electrons. The van der Waals surface area contributed by atoms with Crippen molar-refractivity contribution >= 4 is 11.6 Å². The van der Waals surface area contributed by atoms with Crippen LogP contribution in [0.25, 0.3) is 22.6 Å². The van der Waals surface area contributed by atoms with Crippen LogP contribution in [-0.2, 0) is 5.60 Å². The van der Waals surface area contributed by atoms with Gasteiger partial charge >= 0.3 is 0 Å². The normalized spacial score (nSPS) is 14.7. The van der Waals surface area contributed by atoms with Gasteiger partial charge in [-0.2, -0.15) is 0 Å². The summed E-state index contributed by atoms with van der Waals surface area (Å²) in [6.07, 6.45) is 1.73. The Kier molecular flexibility index (Phi) is 3.18. The van der Waals surface area contributed by atoms with Crippen LogP contribution in [0, 0.1) is 12.7 Å². The van der Waals surface area contributed by atoms with Crippen molar-refractivity contribution in [2.75, 3.05) is 0 Å². The zero-order valence-electron chi connectivity index (χ0n) is 13.4. The van der Waals surface area contributed by atoms with Gasteiger partial charge < -0.3 is 9.72 Å². The Balaban J connectivity index is 1.97. The number of aromatic nitrogens is 3. The molecule has 4 nitrogen and oxygen atoms in total. The molecule has 0 fully saturated rings. The highest BCUT2D eigenvalue weighted by atomic mass is 35.5. The first-order chi connectivity index (χ1) is 11.4. The van der Waals surface area contributed by atoms with E-state index in [-0.39, 0.29) is 5.56 Å². The second-order valence-electron chi connectivity index (χ2n) is 6.34. The van der Waals surface area contributed by atoms with Crippen molar-refractivity contribution < 1.29 is 9.13 Å². The summed E-state index contributed by atoms with van der Waals surface area (Å²) in [7, 11) is 0. The SMILES string of the molecule is Cc1cc2c(cn1)-c1nc(-c3c(F)cccc3Cl)[nH]c1C(C)(C)O2. The summed E-state index contributed by atoms with van der Waals surface area (Å²) in [6, 6.07) is 6.45. The lowest BCUT2D eigenvalue weighted by Gasteiger charge is -2.31. The first-order valence-electron chi connectivity index (χ1n) is 7.58. The largest absolute Gasteiger partial charge is 0.481 e. The lowest BCUT2D eigenvalue weighted by atomic mass is 9.96. The molecule has 0 bridgehead atoms. The van der Waals surface area contributed by atoms with Crippen molar-refractivity contribution in [1.82, 2.24) is 15.0 Å². The van der Waals surface area contributed by atoms with Crippen molar-refractivity contribution in [2.24, 2.45) is 0 Å². The molecule has 0 aliphatic carbocycles. The lowest BCUT2D eigenvalue weighted by Crippen LogP contribution is -2.29. The molecule has 0 atom stereocenters. The van der Waals surface area contributed by atoms with E-state index in [0.29, 0.717) is 16.5 Å². The Labute approximate surface area is 143 Å². The van der Waals surface area contributed by atoms with E-state index in [1.165, 1.54) is 6.07 Å². The number of benzene rings is 1. The molecule has 0 saturated carbocycles. The Hall–Kier alpha value is -2.40. The summed E-state index contributed by atoms with van der Waals surface area (Å²) >= 11 is 6.18. The fourth-order valence-corrected chi connectivity index (χ4v) is 3.22. The highest BCUT2D eigenvalue weighted by Gasteiger charge is 2.36. The summed E-state index contributed by atoms with van der Waals surface area (Å²) in [5.74, 6) is 0.681. The van der Waals surface area contributed by atoms with Gasteiger partial charge in [-0.1, -0.05) is 17.7 Å². The zero-order chi connectivity index (χ0) is 17.1. The van der Waals surface area contributed by atoms with E-state index < -0.39 is 11.4 Å². The summed E-state index contributed by atoms with van der Waals surface area (Å²) < 4.78 is 20.4. The standard InChI is InChI=1S/C18H15ClFN3O/c1-9-7-13-10(8-21-9)15-16(18(2,3)24-13)23-17(22-15)14-11(19)5-4-6-12(14)20/h4-8H,1-3H3,(H,22,23). The average molecular weight is 344 g/mol. The predicted molar refractivity (Wildman–Crippen MR) is 90.6 cm³/mol. The van der Waals surface area contributed by atoms with Crippen LogP contribution in [0.4, 0.5) is 4.39 Å². The van der Waals surface area contributed by atoms with Gasteiger partial charge in [0.05, 0.1) is 21.8 Å². The number of hydrogen-bond acceptors (Lipinski definition) is 3. The molecule has 3 heterocycles. The Bertz CT molecular complexity index is 945. The number of ether oxygens (including phenoxy) is 1. The molecule has 24 heavy (non-hydrogen) atoms. The van der Waals surface area contributed by atoms with Gasteiger partial charge in [-0.15, -0.1) is 0 Å². The number of rotatable bonds is 1. The number of hydrogen-bond donors (Lipinski definition) is 1. The third-order valence-corrected chi connectivity index (χ3v) is 4.44. The van der Waals surface area contributed by atoms with Crippen LogP contribution < -0.4 is 4.74 Å². The minimum Gasteiger partial charge on any atom is -0.481 e. The van der Waals surface area contributed by atoms with Crippen molar-refractivity contribution in [3.63, 3.8) is 0 Å². The molecule has 1 aromatic carbocycles. The second kappa shape index (κ2) is 5.05. The van der Waals surface area contributed by atoms with E-state index in [2.05, 4.69) is 15.0 Å². The molecule has 0 saturated heterocycles. The van der Waals surface area contributed by atoms with Crippen LogP contribution in [0.5, 0.6) is 5.75 Å². The molecule has 1 aliphatic rings. The van der Waals surface area contributed by atoms with Crippen molar-refractivity contribution in [1.29, 1.82) is 0 Å². The minimum atomic E-state index is -0.626. The first kappa shape index (κ1) is 15.1. The van der Waals surface area contributed by atoms with E-state index >= 15 is 0 Å². The first-order valence-corrected chi connectivity index (χ1v) is 7.95. The molecular weight excluding hydrogens is 329 g/mol. The number of halogens is 2. The minimum absolute atomic E-state index is 0.256. The number of aromatic amines is 1. The maximum Gasteiger partial charge on any atom is 0.145 e. The number of aryl methyl sites for hydroxylation is 1. The van der Waals surface area contributed by atoms with E-state index in [1.54, 1.807) is 18.3 Å². The smallest absolute Gasteiger partial charge is 0.145 e. The van der Waals surface area contributed by atoms with Crippen LogP contribution in [-0.4, -0.2) is 15.0 Å². The summed E-state index contributed by atoms with van der Waals surface area (Å²) in [6.45, 7) is 5.78.